The predicted octanol–water partition coefficient (Wildman–Crippen LogP) is 1.23. The van der Waals surface area contributed by atoms with Gasteiger partial charge in [0.1, 0.15) is 5.75 Å². The van der Waals surface area contributed by atoms with Crippen LogP contribution in [0.15, 0.2) is 24.3 Å². The molecule has 2 aliphatic rings. The van der Waals surface area contributed by atoms with E-state index in [-0.39, 0.29) is 18.2 Å². The van der Waals surface area contributed by atoms with E-state index < -0.39 is 6.04 Å². The van der Waals surface area contributed by atoms with Crippen molar-refractivity contribution in [3.63, 3.8) is 0 Å². The van der Waals surface area contributed by atoms with E-state index in [1.807, 2.05) is 4.90 Å². The second-order valence-corrected chi connectivity index (χ2v) is 6.22. The molecule has 23 heavy (non-hydrogen) atoms. The highest BCUT2D eigenvalue weighted by Gasteiger charge is 2.33. The Morgan fingerprint density at radius 3 is 2.74 bits per heavy atom. The highest BCUT2D eigenvalue weighted by molar-refractivity contribution is 5.95. The Kier molecular flexibility index (Phi) is 4.81. The van der Waals surface area contributed by atoms with E-state index in [9.17, 15) is 9.59 Å². The minimum Gasteiger partial charge on any atom is -0.497 e. The van der Waals surface area contributed by atoms with Crippen LogP contribution in [0.1, 0.15) is 19.3 Å². The van der Waals surface area contributed by atoms with Gasteiger partial charge in [-0.2, -0.15) is 0 Å². The SMILES string of the molecule is COc1ccc(NC(=O)CC2NCCN(CC3CC3)C2=O)cc1. The Hall–Kier alpha value is -2.08. The Bertz CT molecular complexity index is 569. The normalized spacial score (nSPS) is 21.2. The fourth-order valence-electron chi connectivity index (χ4n) is 2.82. The molecule has 6 heteroatoms. The van der Waals surface area contributed by atoms with Crippen LogP contribution < -0.4 is 15.4 Å². The number of carbonyl (C=O) groups is 2. The van der Waals surface area contributed by atoms with Crippen LogP contribution in [0.3, 0.4) is 0 Å². The van der Waals surface area contributed by atoms with Crippen molar-refractivity contribution in [3.05, 3.63) is 24.3 Å². The number of hydrogen-bond acceptors (Lipinski definition) is 4. The topological polar surface area (TPSA) is 70.7 Å². The standard InChI is InChI=1S/C17H23N3O3/c1-23-14-6-4-13(5-7-14)19-16(21)10-15-17(22)20(9-8-18-15)11-12-2-3-12/h4-7,12,15,18H,2-3,8-11H2,1H3,(H,19,21). The number of rotatable bonds is 6. The Balaban J connectivity index is 1.52. The number of ether oxygens (including phenoxy) is 1. The van der Waals surface area contributed by atoms with E-state index in [1.54, 1.807) is 31.4 Å². The third kappa shape index (κ3) is 4.22. The van der Waals surface area contributed by atoms with Crippen molar-refractivity contribution in [3.8, 4) is 5.75 Å². The molecular formula is C17H23N3O3. The number of amides is 2. The number of anilines is 1. The van der Waals surface area contributed by atoms with Gasteiger partial charge in [-0.1, -0.05) is 0 Å². The molecule has 0 radical (unpaired) electrons. The molecule has 1 saturated carbocycles. The van der Waals surface area contributed by atoms with Crippen LogP contribution in [0, 0.1) is 5.92 Å². The predicted molar refractivity (Wildman–Crippen MR) is 87.3 cm³/mol. The maximum absolute atomic E-state index is 12.4. The highest BCUT2D eigenvalue weighted by atomic mass is 16.5. The summed E-state index contributed by atoms with van der Waals surface area (Å²) in [5.74, 6) is 1.30. The van der Waals surface area contributed by atoms with Crippen molar-refractivity contribution < 1.29 is 14.3 Å². The summed E-state index contributed by atoms with van der Waals surface area (Å²) in [7, 11) is 1.60. The first-order valence-corrected chi connectivity index (χ1v) is 8.12. The first kappa shape index (κ1) is 15.8. The summed E-state index contributed by atoms with van der Waals surface area (Å²) in [5.41, 5.74) is 0.703. The zero-order valence-corrected chi connectivity index (χ0v) is 13.4. The minimum atomic E-state index is -0.416. The number of nitrogens with one attached hydrogen (secondary N) is 2. The van der Waals surface area contributed by atoms with E-state index in [0.717, 1.165) is 25.4 Å². The van der Waals surface area contributed by atoms with Gasteiger partial charge in [0, 0.05) is 25.3 Å². The van der Waals surface area contributed by atoms with Gasteiger partial charge in [-0.15, -0.1) is 0 Å². The second kappa shape index (κ2) is 7.00. The number of piperazine rings is 1. The lowest BCUT2D eigenvalue weighted by atomic mass is 10.1. The molecule has 1 aliphatic heterocycles. The summed E-state index contributed by atoms with van der Waals surface area (Å²) >= 11 is 0. The summed E-state index contributed by atoms with van der Waals surface area (Å²) in [6.45, 7) is 2.34. The molecule has 0 bridgehead atoms. The maximum atomic E-state index is 12.4. The van der Waals surface area contributed by atoms with Crippen LogP contribution in [-0.2, 0) is 9.59 Å². The van der Waals surface area contributed by atoms with Gasteiger partial charge in [0.15, 0.2) is 0 Å². The smallest absolute Gasteiger partial charge is 0.240 e. The lowest BCUT2D eigenvalue weighted by Crippen LogP contribution is -2.56. The number of nitrogens with zero attached hydrogens (tertiary/aromatic N) is 1. The van der Waals surface area contributed by atoms with Gasteiger partial charge in [0.25, 0.3) is 0 Å². The van der Waals surface area contributed by atoms with Crippen LogP contribution in [0.2, 0.25) is 0 Å². The first-order valence-electron chi connectivity index (χ1n) is 8.12. The van der Waals surface area contributed by atoms with Crippen LogP contribution in [0.4, 0.5) is 5.69 Å². The first-order chi connectivity index (χ1) is 11.2. The Morgan fingerprint density at radius 2 is 2.09 bits per heavy atom. The molecule has 0 spiro atoms. The summed E-state index contributed by atoms with van der Waals surface area (Å²) < 4.78 is 5.09. The van der Waals surface area contributed by atoms with Crippen molar-refractivity contribution in [2.75, 3.05) is 32.1 Å². The highest BCUT2D eigenvalue weighted by Crippen LogP contribution is 2.30. The van der Waals surface area contributed by atoms with Crippen LogP contribution in [0.25, 0.3) is 0 Å². The van der Waals surface area contributed by atoms with E-state index >= 15 is 0 Å². The molecule has 124 valence electrons. The molecule has 1 atom stereocenters. The van der Waals surface area contributed by atoms with E-state index in [2.05, 4.69) is 10.6 Å². The van der Waals surface area contributed by atoms with Gasteiger partial charge < -0.3 is 20.3 Å². The van der Waals surface area contributed by atoms with Gasteiger partial charge >= 0.3 is 0 Å². The molecule has 2 amide bonds. The molecule has 6 nitrogen and oxygen atoms in total. The van der Waals surface area contributed by atoms with Gasteiger partial charge in [0.2, 0.25) is 11.8 Å². The maximum Gasteiger partial charge on any atom is 0.240 e. The van der Waals surface area contributed by atoms with Crippen LogP contribution in [0.5, 0.6) is 5.75 Å². The average molecular weight is 317 g/mol. The third-order valence-corrected chi connectivity index (χ3v) is 4.32. The molecular weight excluding hydrogens is 294 g/mol. The molecule has 2 fully saturated rings. The summed E-state index contributed by atoms with van der Waals surface area (Å²) in [6, 6.07) is 6.73. The third-order valence-electron chi connectivity index (χ3n) is 4.32. The van der Waals surface area contributed by atoms with Crippen LogP contribution >= 0.6 is 0 Å². The molecule has 1 aromatic rings. The molecule has 0 aromatic heterocycles. The van der Waals surface area contributed by atoms with Crippen molar-refractivity contribution in [1.82, 2.24) is 10.2 Å². The Labute approximate surface area is 136 Å². The summed E-state index contributed by atoms with van der Waals surface area (Å²) in [5, 5.41) is 5.98. The molecule has 1 unspecified atom stereocenters. The van der Waals surface area contributed by atoms with Crippen molar-refractivity contribution in [2.24, 2.45) is 5.92 Å². The number of carbonyl (C=O) groups excluding carboxylic acids is 2. The van der Waals surface area contributed by atoms with Gasteiger partial charge in [-0.3, -0.25) is 9.59 Å². The number of hydrogen-bond donors (Lipinski definition) is 2. The molecule has 3 rings (SSSR count). The largest absolute Gasteiger partial charge is 0.497 e. The molecule has 1 aliphatic carbocycles. The molecule has 1 saturated heterocycles. The number of benzene rings is 1. The van der Waals surface area contributed by atoms with Gasteiger partial charge in [0.05, 0.1) is 19.6 Å². The zero-order valence-electron chi connectivity index (χ0n) is 13.4. The minimum absolute atomic E-state index is 0.0491. The Morgan fingerprint density at radius 1 is 1.35 bits per heavy atom. The molecule has 2 N–H and O–H groups in total. The second-order valence-electron chi connectivity index (χ2n) is 6.22. The van der Waals surface area contributed by atoms with Gasteiger partial charge in [-0.05, 0) is 43.0 Å². The zero-order chi connectivity index (χ0) is 16.2. The summed E-state index contributed by atoms with van der Waals surface area (Å²) in [6.07, 6.45) is 2.60. The fourth-order valence-corrected chi connectivity index (χ4v) is 2.82. The average Bonchev–Trinajstić information content (AvgIpc) is 3.36. The monoisotopic (exact) mass is 317 g/mol. The van der Waals surface area contributed by atoms with Crippen molar-refractivity contribution >= 4 is 17.5 Å². The van der Waals surface area contributed by atoms with Crippen LogP contribution in [-0.4, -0.2) is 49.5 Å². The van der Waals surface area contributed by atoms with E-state index in [0.29, 0.717) is 11.6 Å². The van der Waals surface area contributed by atoms with Crippen molar-refractivity contribution in [2.45, 2.75) is 25.3 Å². The number of methoxy groups -OCH3 is 1. The molecule has 1 heterocycles. The van der Waals surface area contributed by atoms with Gasteiger partial charge in [-0.25, -0.2) is 0 Å². The molecule has 1 aromatic carbocycles. The lowest BCUT2D eigenvalue weighted by Gasteiger charge is -2.33. The fraction of sp³-hybridized carbons (Fsp3) is 0.529. The van der Waals surface area contributed by atoms with Crippen molar-refractivity contribution in [1.29, 1.82) is 0 Å². The quantitative estimate of drug-likeness (QED) is 0.828. The van der Waals surface area contributed by atoms with E-state index in [1.165, 1.54) is 12.8 Å². The summed E-state index contributed by atoms with van der Waals surface area (Å²) in [4.78, 5) is 26.5. The lowest BCUT2D eigenvalue weighted by molar-refractivity contribution is -0.137. The van der Waals surface area contributed by atoms with E-state index in [4.69, 9.17) is 4.74 Å².